The van der Waals surface area contributed by atoms with Crippen LogP contribution in [0.1, 0.15) is 50.6 Å². The van der Waals surface area contributed by atoms with Crippen LogP contribution in [0.25, 0.3) is 0 Å². The minimum atomic E-state index is 0.297. The van der Waals surface area contributed by atoms with Crippen LogP contribution in [0.5, 0.6) is 5.75 Å². The van der Waals surface area contributed by atoms with Gasteiger partial charge in [-0.1, -0.05) is 36.0 Å². The van der Waals surface area contributed by atoms with Gasteiger partial charge in [-0.3, -0.25) is 0 Å². The molecule has 0 aromatic heterocycles. The third-order valence-electron chi connectivity index (χ3n) is 4.64. The van der Waals surface area contributed by atoms with Crippen LogP contribution in [0, 0.1) is 5.92 Å². The van der Waals surface area contributed by atoms with Crippen molar-refractivity contribution in [2.75, 3.05) is 6.61 Å². The molecule has 2 unspecified atom stereocenters. The van der Waals surface area contributed by atoms with Crippen LogP contribution >= 0.6 is 23.2 Å². The number of hydrogen-bond acceptors (Lipinski definition) is 2. The highest BCUT2D eigenvalue weighted by molar-refractivity contribution is 6.35. The molecule has 0 bridgehead atoms. The average Bonchev–Trinajstić information content (AvgIpc) is 2.93. The Labute approximate surface area is 130 Å². The lowest BCUT2D eigenvalue weighted by molar-refractivity contribution is 0.233. The predicted molar refractivity (Wildman–Crippen MR) is 83.9 cm³/mol. The summed E-state index contributed by atoms with van der Waals surface area (Å²) >= 11 is 12.4. The Kier molecular flexibility index (Phi) is 4.44. The monoisotopic (exact) mass is 313 g/mol. The van der Waals surface area contributed by atoms with Crippen LogP contribution < -0.4 is 10.1 Å². The number of hydrogen-bond donors (Lipinski definition) is 1. The van der Waals surface area contributed by atoms with Gasteiger partial charge in [-0.15, -0.1) is 0 Å². The summed E-state index contributed by atoms with van der Waals surface area (Å²) in [5.74, 6) is 1.61. The molecule has 1 aromatic carbocycles. The Morgan fingerprint density at radius 2 is 1.95 bits per heavy atom. The van der Waals surface area contributed by atoms with Crippen molar-refractivity contribution in [2.24, 2.45) is 5.92 Å². The van der Waals surface area contributed by atoms with Gasteiger partial charge in [-0.05, 0) is 37.8 Å². The standard InChI is InChI=1S/C16H21Cl2NO/c1-10(11-4-2-3-5-11)19-15-6-7-20-16-13(15)8-12(17)9-14(16)18/h8-11,15,19H,2-7H2,1H3. The van der Waals surface area contributed by atoms with Crippen LogP contribution in [0.2, 0.25) is 10.0 Å². The molecule has 1 aromatic rings. The minimum Gasteiger partial charge on any atom is -0.492 e. The second-order valence-corrected chi connectivity index (χ2v) is 6.84. The van der Waals surface area contributed by atoms with Crippen molar-refractivity contribution >= 4 is 23.2 Å². The average molecular weight is 314 g/mol. The summed E-state index contributed by atoms with van der Waals surface area (Å²) in [6.45, 7) is 3.01. The molecule has 1 fully saturated rings. The van der Waals surface area contributed by atoms with E-state index in [1.807, 2.05) is 6.07 Å². The number of benzene rings is 1. The number of ether oxygens (including phenoxy) is 1. The molecule has 1 aliphatic heterocycles. The van der Waals surface area contributed by atoms with Crippen molar-refractivity contribution in [3.05, 3.63) is 27.7 Å². The van der Waals surface area contributed by atoms with Gasteiger partial charge in [0.1, 0.15) is 5.75 Å². The molecule has 3 rings (SSSR count). The third-order valence-corrected chi connectivity index (χ3v) is 5.14. The normalized spacial score (nSPS) is 24.2. The van der Waals surface area contributed by atoms with Crippen molar-refractivity contribution in [3.8, 4) is 5.75 Å². The van der Waals surface area contributed by atoms with Crippen LogP contribution in [-0.2, 0) is 0 Å². The van der Waals surface area contributed by atoms with Gasteiger partial charge in [0.15, 0.2) is 0 Å². The lowest BCUT2D eigenvalue weighted by Gasteiger charge is -2.32. The summed E-state index contributed by atoms with van der Waals surface area (Å²) in [5, 5.41) is 5.07. The van der Waals surface area contributed by atoms with Gasteiger partial charge in [-0.25, -0.2) is 0 Å². The molecule has 1 saturated carbocycles. The molecular formula is C16H21Cl2NO. The third kappa shape index (κ3) is 2.93. The van der Waals surface area contributed by atoms with Gasteiger partial charge >= 0.3 is 0 Å². The van der Waals surface area contributed by atoms with Gasteiger partial charge in [0.05, 0.1) is 11.6 Å². The maximum atomic E-state index is 6.24. The second-order valence-electron chi connectivity index (χ2n) is 6.00. The summed E-state index contributed by atoms with van der Waals surface area (Å²) in [4.78, 5) is 0. The first-order chi connectivity index (χ1) is 9.65. The van der Waals surface area contributed by atoms with Crippen molar-refractivity contribution < 1.29 is 4.74 Å². The summed E-state index contributed by atoms with van der Waals surface area (Å²) in [6, 6.07) is 4.57. The zero-order chi connectivity index (χ0) is 14.1. The van der Waals surface area contributed by atoms with Gasteiger partial charge < -0.3 is 10.1 Å². The zero-order valence-corrected chi connectivity index (χ0v) is 13.3. The van der Waals surface area contributed by atoms with Crippen molar-refractivity contribution in [3.63, 3.8) is 0 Å². The minimum absolute atomic E-state index is 0.297. The van der Waals surface area contributed by atoms with E-state index in [0.29, 0.717) is 28.7 Å². The fourth-order valence-electron chi connectivity index (χ4n) is 3.51. The summed E-state index contributed by atoms with van der Waals surface area (Å²) in [7, 11) is 0. The molecular weight excluding hydrogens is 293 g/mol. The smallest absolute Gasteiger partial charge is 0.142 e. The van der Waals surface area contributed by atoms with E-state index < -0.39 is 0 Å². The number of halogens is 2. The van der Waals surface area contributed by atoms with E-state index in [-0.39, 0.29) is 0 Å². The van der Waals surface area contributed by atoms with Crippen molar-refractivity contribution in [1.82, 2.24) is 5.32 Å². The second kappa shape index (κ2) is 6.13. The Balaban J connectivity index is 1.79. The highest BCUT2D eigenvalue weighted by Crippen LogP contribution is 2.40. The number of rotatable bonds is 3. The molecule has 2 nitrogen and oxygen atoms in total. The molecule has 2 aliphatic rings. The first-order valence-electron chi connectivity index (χ1n) is 7.53. The first kappa shape index (κ1) is 14.5. The Morgan fingerprint density at radius 1 is 1.20 bits per heavy atom. The van der Waals surface area contributed by atoms with E-state index in [1.54, 1.807) is 6.07 Å². The number of fused-ring (bicyclic) bond motifs is 1. The maximum absolute atomic E-state index is 6.24. The lowest BCUT2D eigenvalue weighted by atomic mass is 9.95. The molecule has 0 amide bonds. The van der Waals surface area contributed by atoms with E-state index in [4.69, 9.17) is 27.9 Å². The summed E-state index contributed by atoms with van der Waals surface area (Å²) in [6.07, 6.45) is 6.42. The van der Waals surface area contributed by atoms with E-state index in [2.05, 4.69) is 12.2 Å². The summed E-state index contributed by atoms with van der Waals surface area (Å²) < 4.78 is 5.72. The van der Waals surface area contributed by atoms with Gasteiger partial charge in [0, 0.05) is 29.1 Å². The van der Waals surface area contributed by atoms with Crippen LogP contribution in [0.3, 0.4) is 0 Å². The van der Waals surface area contributed by atoms with Gasteiger partial charge in [0.25, 0.3) is 0 Å². The van der Waals surface area contributed by atoms with Crippen LogP contribution in [-0.4, -0.2) is 12.6 Å². The van der Waals surface area contributed by atoms with Crippen molar-refractivity contribution in [1.29, 1.82) is 0 Å². The fraction of sp³-hybridized carbons (Fsp3) is 0.625. The van der Waals surface area contributed by atoms with E-state index in [9.17, 15) is 0 Å². The predicted octanol–water partition coefficient (Wildman–Crippen LogP) is 4.99. The quantitative estimate of drug-likeness (QED) is 0.849. The molecule has 1 N–H and O–H groups in total. The molecule has 0 spiro atoms. The molecule has 0 radical (unpaired) electrons. The van der Waals surface area contributed by atoms with Crippen LogP contribution in [0.4, 0.5) is 0 Å². The largest absolute Gasteiger partial charge is 0.492 e. The number of nitrogens with one attached hydrogen (secondary N) is 1. The Hall–Kier alpha value is -0.440. The molecule has 0 saturated heterocycles. The topological polar surface area (TPSA) is 21.3 Å². The Bertz CT molecular complexity index is 486. The van der Waals surface area contributed by atoms with Gasteiger partial charge in [0.2, 0.25) is 0 Å². The van der Waals surface area contributed by atoms with E-state index in [0.717, 1.165) is 23.7 Å². The highest BCUT2D eigenvalue weighted by atomic mass is 35.5. The first-order valence-corrected chi connectivity index (χ1v) is 8.28. The molecule has 20 heavy (non-hydrogen) atoms. The maximum Gasteiger partial charge on any atom is 0.142 e. The Morgan fingerprint density at radius 3 is 2.70 bits per heavy atom. The SMILES string of the molecule is CC(NC1CCOc2c(Cl)cc(Cl)cc21)C1CCCC1. The van der Waals surface area contributed by atoms with E-state index >= 15 is 0 Å². The van der Waals surface area contributed by atoms with Gasteiger partial charge in [-0.2, -0.15) is 0 Å². The molecule has 1 aliphatic carbocycles. The highest BCUT2D eigenvalue weighted by Gasteiger charge is 2.28. The molecule has 110 valence electrons. The van der Waals surface area contributed by atoms with E-state index in [1.165, 1.54) is 25.7 Å². The zero-order valence-electron chi connectivity index (χ0n) is 11.8. The molecule has 4 heteroatoms. The molecule has 2 atom stereocenters. The van der Waals surface area contributed by atoms with Crippen molar-refractivity contribution in [2.45, 2.75) is 51.1 Å². The van der Waals surface area contributed by atoms with Crippen LogP contribution in [0.15, 0.2) is 12.1 Å². The lowest BCUT2D eigenvalue weighted by Crippen LogP contribution is -2.37. The summed E-state index contributed by atoms with van der Waals surface area (Å²) in [5.41, 5.74) is 1.11. The fourth-order valence-corrected chi connectivity index (χ4v) is 4.07. The molecule has 1 heterocycles.